The van der Waals surface area contributed by atoms with E-state index in [0.717, 1.165) is 10.7 Å². The first-order valence-electron chi connectivity index (χ1n) is 5.14. The number of thiazole rings is 1. The van der Waals surface area contributed by atoms with Crippen molar-refractivity contribution in [3.63, 3.8) is 0 Å². The number of aromatic nitrogens is 1. The Morgan fingerprint density at radius 1 is 1.39 bits per heavy atom. The van der Waals surface area contributed by atoms with E-state index in [1.165, 1.54) is 17.4 Å². The van der Waals surface area contributed by atoms with Crippen molar-refractivity contribution < 1.29 is 8.42 Å². The molecule has 0 spiro atoms. The third kappa shape index (κ3) is 3.08. The summed E-state index contributed by atoms with van der Waals surface area (Å²) in [6.07, 6.45) is 0. The summed E-state index contributed by atoms with van der Waals surface area (Å²) in [5, 5.41) is 2.81. The molecule has 0 atom stereocenters. The van der Waals surface area contributed by atoms with Gasteiger partial charge in [-0.1, -0.05) is 23.7 Å². The van der Waals surface area contributed by atoms with Crippen LogP contribution in [-0.4, -0.2) is 13.4 Å². The molecule has 0 saturated carbocycles. The van der Waals surface area contributed by atoms with Gasteiger partial charge in [0.2, 0.25) is 10.0 Å². The average Bonchev–Trinajstić information content (AvgIpc) is 2.73. The van der Waals surface area contributed by atoms with E-state index >= 15 is 0 Å². The van der Waals surface area contributed by atoms with Crippen LogP contribution in [0.3, 0.4) is 0 Å². The van der Waals surface area contributed by atoms with Crippen molar-refractivity contribution in [3.8, 4) is 0 Å². The predicted octanol–water partition coefficient (Wildman–Crippen LogP) is 2.58. The van der Waals surface area contributed by atoms with E-state index < -0.39 is 10.0 Å². The van der Waals surface area contributed by atoms with Crippen LogP contribution < -0.4 is 4.72 Å². The van der Waals surface area contributed by atoms with Gasteiger partial charge in [-0.3, -0.25) is 0 Å². The molecular formula is C11H11ClN2O2S2. The second-order valence-electron chi connectivity index (χ2n) is 3.64. The third-order valence-electron chi connectivity index (χ3n) is 2.21. The van der Waals surface area contributed by atoms with Gasteiger partial charge in [0.1, 0.15) is 9.90 Å². The lowest BCUT2D eigenvalue weighted by Gasteiger charge is -2.06. The molecule has 18 heavy (non-hydrogen) atoms. The van der Waals surface area contributed by atoms with Crippen LogP contribution in [0, 0.1) is 6.92 Å². The fourth-order valence-corrected chi connectivity index (χ4v) is 3.69. The van der Waals surface area contributed by atoms with E-state index in [2.05, 4.69) is 9.71 Å². The highest BCUT2D eigenvalue weighted by atomic mass is 35.5. The number of nitrogens with one attached hydrogen (secondary N) is 1. The molecule has 0 saturated heterocycles. The molecule has 2 aromatic rings. The number of benzene rings is 1. The van der Waals surface area contributed by atoms with Crippen LogP contribution in [0.2, 0.25) is 5.02 Å². The van der Waals surface area contributed by atoms with Gasteiger partial charge in [-0.25, -0.2) is 18.1 Å². The minimum atomic E-state index is -3.60. The molecule has 0 fully saturated rings. The zero-order valence-electron chi connectivity index (χ0n) is 9.55. The highest BCUT2D eigenvalue weighted by Crippen LogP contribution is 2.20. The summed E-state index contributed by atoms with van der Waals surface area (Å²) in [7, 11) is -3.60. The van der Waals surface area contributed by atoms with Crippen molar-refractivity contribution in [2.24, 2.45) is 0 Å². The van der Waals surface area contributed by atoms with Crippen LogP contribution in [0.5, 0.6) is 0 Å². The Balaban J connectivity index is 2.16. The van der Waals surface area contributed by atoms with Crippen LogP contribution >= 0.6 is 22.9 Å². The molecule has 0 aliphatic heterocycles. The molecule has 96 valence electrons. The molecule has 4 nitrogen and oxygen atoms in total. The van der Waals surface area contributed by atoms with Gasteiger partial charge in [0.25, 0.3) is 0 Å². The molecule has 1 aromatic heterocycles. The first kappa shape index (κ1) is 13.5. The Kier molecular flexibility index (Phi) is 4.01. The maximum absolute atomic E-state index is 12.0. The van der Waals surface area contributed by atoms with Gasteiger partial charge in [0, 0.05) is 11.1 Å². The Bertz CT molecular complexity index is 653. The Morgan fingerprint density at radius 3 is 2.72 bits per heavy atom. The van der Waals surface area contributed by atoms with Crippen molar-refractivity contribution in [2.45, 2.75) is 18.4 Å². The minimum Gasteiger partial charge on any atom is -0.245 e. The van der Waals surface area contributed by atoms with Crippen molar-refractivity contribution in [1.29, 1.82) is 0 Å². The largest absolute Gasteiger partial charge is 0.245 e. The predicted molar refractivity (Wildman–Crippen MR) is 72.3 cm³/mol. The van der Waals surface area contributed by atoms with Gasteiger partial charge in [0.05, 0.1) is 11.6 Å². The van der Waals surface area contributed by atoms with Crippen LogP contribution in [0.25, 0.3) is 0 Å². The van der Waals surface area contributed by atoms with Crippen LogP contribution in [0.15, 0.2) is 34.5 Å². The number of nitrogens with zero attached hydrogens (tertiary/aromatic N) is 1. The molecule has 0 bridgehead atoms. The Morgan fingerprint density at radius 2 is 2.11 bits per heavy atom. The van der Waals surface area contributed by atoms with Crippen molar-refractivity contribution in [2.75, 3.05) is 0 Å². The standard InChI is InChI=1S/C11H11ClN2O2S2/c1-8-7-17-11(14-8)6-13-18(15,16)10-5-3-2-4-9(10)12/h2-5,7,13H,6H2,1H3. The van der Waals surface area contributed by atoms with Gasteiger partial charge in [-0.2, -0.15) is 0 Å². The number of rotatable bonds is 4. The number of hydrogen-bond acceptors (Lipinski definition) is 4. The minimum absolute atomic E-state index is 0.0833. The Labute approximate surface area is 115 Å². The molecule has 1 N–H and O–H groups in total. The number of aryl methyl sites for hydroxylation is 1. The van der Waals surface area contributed by atoms with Gasteiger partial charge in [-0.05, 0) is 19.1 Å². The summed E-state index contributed by atoms with van der Waals surface area (Å²) in [5.74, 6) is 0. The third-order valence-corrected chi connectivity index (χ3v) is 5.07. The lowest BCUT2D eigenvalue weighted by molar-refractivity contribution is 0.581. The summed E-state index contributed by atoms with van der Waals surface area (Å²) in [6.45, 7) is 2.04. The molecule has 0 aliphatic rings. The second-order valence-corrected chi connectivity index (χ2v) is 6.72. The number of sulfonamides is 1. The second kappa shape index (κ2) is 5.36. The van der Waals surface area contributed by atoms with Crippen LogP contribution in [-0.2, 0) is 16.6 Å². The van der Waals surface area contributed by atoms with E-state index in [9.17, 15) is 8.42 Å². The first-order valence-corrected chi connectivity index (χ1v) is 7.88. The van der Waals surface area contributed by atoms with E-state index in [1.807, 2.05) is 12.3 Å². The topological polar surface area (TPSA) is 59.1 Å². The molecule has 1 aromatic carbocycles. The maximum Gasteiger partial charge on any atom is 0.242 e. The van der Waals surface area contributed by atoms with Gasteiger partial charge >= 0.3 is 0 Å². The quantitative estimate of drug-likeness (QED) is 0.944. The van der Waals surface area contributed by atoms with Gasteiger partial charge < -0.3 is 0 Å². The monoisotopic (exact) mass is 302 g/mol. The van der Waals surface area contributed by atoms with Gasteiger partial charge in [0.15, 0.2) is 0 Å². The normalized spacial score (nSPS) is 11.7. The van der Waals surface area contributed by atoms with E-state index in [-0.39, 0.29) is 16.5 Å². The maximum atomic E-state index is 12.0. The molecule has 0 radical (unpaired) electrons. The van der Waals surface area contributed by atoms with E-state index in [1.54, 1.807) is 18.2 Å². The number of halogens is 1. The molecule has 1 heterocycles. The van der Waals surface area contributed by atoms with Gasteiger partial charge in [-0.15, -0.1) is 11.3 Å². The summed E-state index contributed by atoms with van der Waals surface area (Å²) >= 11 is 7.28. The molecule has 7 heteroatoms. The fraction of sp³-hybridized carbons (Fsp3) is 0.182. The lowest BCUT2D eigenvalue weighted by Crippen LogP contribution is -2.23. The smallest absolute Gasteiger partial charge is 0.242 e. The van der Waals surface area contributed by atoms with Crippen molar-refractivity contribution >= 4 is 33.0 Å². The molecule has 0 amide bonds. The van der Waals surface area contributed by atoms with Crippen molar-refractivity contribution in [1.82, 2.24) is 9.71 Å². The van der Waals surface area contributed by atoms with Crippen LogP contribution in [0.1, 0.15) is 10.7 Å². The first-order chi connectivity index (χ1) is 8.49. The van der Waals surface area contributed by atoms with E-state index in [4.69, 9.17) is 11.6 Å². The highest BCUT2D eigenvalue weighted by molar-refractivity contribution is 7.89. The average molecular weight is 303 g/mol. The lowest BCUT2D eigenvalue weighted by atomic mass is 10.4. The summed E-state index contributed by atoms with van der Waals surface area (Å²) < 4.78 is 26.5. The Hall–Kier alpha value is -0.950. The van der Waals surface area contributed by atoms with Crippen LogP contribution in [0.4, 0.5) is 0 Å². The SMILES string of the molecule is Cc1csc(CNS(=O)(=O)c2ccccc2Cl)n1. The fourth-order valence-electron chi connectivity index (χ4n) is 1.38. The zero-order valence-corrected chi connectivity index (χ0v) is 11.9. The highest BCUT2D eigenvalue weighted by Gasteiger charge is 2.17. The molecule has 0 unspecified atom stereocenters. The molecular weight excluding hydrogens is 292 g/mol. The zero-order chi connectivity index (χ0) is 13.2. The summed E-state index contributed by atoms with van der Waals surface area (Å²) in [5.41, 5.74) is 0.881. The van der Waals surface area contributed by atoms with Crippen molar-refractivity contribution in [3.05, 3.63) is 45.4 Å². The number of hydrogen-bond donors (Lipinski definition) is 1. The van der Waals surface area contributed by atoms with E-state index in [0.29, 0.717) is 0 Å². The molecule has 2 rings (SSSR count). The summed E-state index contributed by atoms with van der Waals surface area (Å²) in [4.78, 5) is 4.27. The molecule has 0 aliphatic carbocycles. The summed E-state index contributed by atoms with van der Waals surface area (Å²) in [6, 6.07) is 6.33.